The number of hydrogen-bond donors (Lipinski definition) is 2. The highest BCUT2D eigenvalue weighted by Gasteiger charge is 2.20. The average Bonchev–Trinajstić information content (AvgIpc) is 2.75. The van der Waals surface area contributed by atoms with Crippen molar-refractivity contribution in [2.24, 2.45) is 0 Å². The Morgan fingerprint density at radius 3 is 2.50 bits per heavy atom. The molecule has 32 heavy (non-hydrogen) atoms. The number of pyridine rings is 2. The number of halogens is 4. The largest absolute Gasteiger partial charge is 0.491 e. The lowest BCUT2D eigenvalue weighted by Gasteiger charge is -2.12. The van der Waals surface area contributed by atoms with Gasteiger partial charge in [0.05, 0.1) is 18.4 Å². The summed E-state index contributed by atoms with van der Waals surface area (Å²) in [5.74, 6) is -3.20. The summed E-state index contributed by atoms with van der Waals surface area (Å²) in [7, 11) is 1.87. The fourth-order valence-electron chi connectivity index (χ4n) is 2.84. The molecule has 3 aromatic rings. The zero-order valence-electron chi connectivity index (χ0n) is 17.2. The maximum absolute atomic E-state index is 14.2. The van der Waals surface area contributed by atoms with Gasteiger partial charge in [-0.05, 0) is 50.7 Å². The van der Waals surface area contributed by atoms with Crippen LogP contribution in [0.3, 0.4) is 0 Å². The summed E-state index contributed by atoms with van der Waals surface area (Å²) in [4.78, 5) is 20.5. The number of carbonyl (C=O) groups is 1. The molecular weight excluding hydrogens is 445 g/mol. The maximum Gasteiger partial charge on any atom is 0.274 e. The second kappa shape index (κ2) is 12.0. The Morgan fingerprint density at radius 2 is 1.78 bits per heavy atom. The molecule has 0 fully saturated rings. The van der Waals surface area contributed by atoms with E-state index in [4.69, 9.17) is 4.74 Å². The standard InChI is InChI=1S/C22H21F3N4O2.ClH/c1-26-10-2-3-12-31-19-9-11-27-13-18(19)29-22(30)17-8-7-16(25)21(28-17)20-14(23)5-4-6-15(20)24;/h4-9,11,13,26H,2-3,10,12H2,1H3,(H,29,30);1H. The lowest BCUT2D eigenvalue weighted by atomic mass is 10.1. The first kappa shape index (κ1) is 25.1. The Hall–Kier alpha value is -3.17. The summed E-state index contributed by atoms with van der Waals surface area (Å²) in [6.07, 6.45) is 4.67. The lowest BCUT2D eigenvalue weighted by Crippen LogP contribution is -2.16. The molecule has 2 aromatic heterocycles. The molecule has 2 N–H and O–H groups in total. The molecule has 0 radical (unpaired) electrons. The van der Waals surface area contributed by atoms with Gasteiger partial charge in [0.25, 0.3) is 5.91 Å². The number of carbonyl (C=O) groups excluding carboxylic acids is 1. The molecule has 170 valence electrons. The van der Waals surface area contributed by atoms with Crippen molar-refractivity contribution < 1.29 is 22.7 Å². The van der Waals surface area contributed by atoms with Crippen LogP contribution in [-0.4, -0.2) is 36.1 Å². The number of ether oxygens (including phenoxy) is 1. The van der Waals surface area contributed by atoms with E-state index in [0.29, 0.717) is 18.0 Å². The third kappa shape index (κ3) is 6.18. The molecule has 0 bridgehead atoms. The van der Waals surface area contributed by atoms with Crippen LogP contribution in [0.5, 0.6) is 5.75 Å². The first-order chi connectivity index (χ1) is 15.0. The quantitative estimate of drug-likeness (QED) is 0.450. The van der Waals surface area contributed by atoms with Crippen LogP contribution in [0.25, 0.3) is 11.3 Å². The number of nitrogens with zero attached hydrogens (tertiary/aromatic N) is 2. The van der Waals surface area contributed by atoms with Crippen molar-refractivity contribution in [3.63, 3.8) is 0 Å². The van der Waals surface area contributed by atoms with Crippen LogP contribution < -0.4 is 15.4 Å². The van der Waals surface area contributed by atoms with E-state index in [0.717, 1.165) is 49.7 Å². The third-order valence-electron chi connectivity index (χ3n) is 4.39. The molecule has 1 aromatic carbocycles. The van der Waals surface area contributed by atoms with Crippen molar-refractivity contribution in [2.75, 3.05) is 25.5 Å². The molecule has 10 heteroatoms. The molecular formula is C22H22ClF3N4O2. The average molecular weight is 467 g/mol. The second-order valence-electron chi connectivity index (χ2n) is 6.61. The van der Waals surface area contributed by atoms with Gasteiger partial charge in [0.15, 0.2) is 0 Å². The molecule has 0 aliphatic heterocycles. The molecule has 0 saturated carbocycles. The van der Waals surface area contributed by atoms with Crippen molar-refractivity contribution in [3.8, 4) is 17.0 Å². The fraction of sp³-hybridized carbons (Fsp3) is 0.227. The van der Waals surface area contributed by atoms with Crippen molar-refractivity contribution in [1.82, 2.24) is 15.3 Å². The maximum atomic E-state index is 14.2. The molecule has 0 unspecified atom stereocenters. The zero-order valence-corrected chi connectivity index (χ0v) is 18.0. The minimum absolute atomic E-state index is 0. The Kier molecular flexibility index (Phi) is 9.42. The fourth-order valence-corrected chi connectivity index (χ4v) is 2.84. The molecule has 0 atom stereocenters. The first-order valence-corrected chi connectivity index (χ1v) is 9.65. The van der Waals surface area contributed by atoms with E-state index in [9.17, 15) is 18.0 Å². The van der Waals surface area contributed by atoms with Gasteiger partial charge in [0.1, 0.15) is 40.3 Å². The number of unbranched alkanes of at least 4 members (excludes halogenated alkanes) is 1. The highest BCUT2D eigenvalue weighted by atomic mass is 35.5. The second-order valence-corrected chi connectivity index (χ2v) is 6.61. The van der Waals surface area contributed by atoms with E-state index < -0.39 is 34.6 Å². The zero-order chi connectivity index (χ0) is 22.2. The molecule has 0 aliphatic rings. The van der Waals surface area contributed by atoms with Crippen molar-refractivity contribution in [2.45, 2.75) is 12.8 Å². The Labute approximate surface area is 189 Å². The monoisotopic (exact) mass is 466 g/mol. The number of nitrogens with one attached hydrogen (secondary N) is 2. The summed E-state index contributed by atoms with van der Waals surface area (Å²) in [5, 5.41) is 5.64. The summed E-state index contributed by atoms with van der Waals surface area (Å²) in [6, 6.07) is 6.80. The molecule has 6 nitrogen and oxygen atoms in total. The van der Waals surface area contributed by atoms with Crippen LogP contribution in [0, 0.1) is 17.5 Å². The molecule has 3 rings (SSSR count). The van der Waals surface area contributed by atoms with Gasteiger partial charge in [-0.1, -0.05) is 6.07 Å². The highest BCUT2D eigenvalue weighted by Crippen LogP contribution is 2.28. The van der Waals surface area contributed by atoms with Gasteiger partial charge in [-0.2, -0.15) is 0 Å². The summed E-state index contributed by atoms with van der Waals surface area (Å²) in [6.45, 7) is 1.31. The van der Waals surface area contributed by atoms with Gasteiger partial charge in [-0.15, -0.1) is 12.4 Å². The van der Waals surface area contributed by atoms with Gasteiger partial charge in [0, 0.05) is 12.3 Å². The Bertz CT molecular complexity index is 1050. The summed E-state index contributed by atoms with van der Waals surface area (Å²) < 4.78 is 48.1. The number of anilines is 1. The molecule has 2 heterocycles. The van der Waals surface area contributed by atoms with Crippen LogP contribution in [0.15, 0.2) is 48.8 Å². The van der Waals surface area contributed by atoms with Gasteiger partial charge >= 0.3 is 0 Å². The van der Waals surface area contributed by atoms with Crippen LogP contribution >= 0.6 is 12.4 Å². The minimum atomic E-state index is -0.981. The summed E-state index contributed by atoms with van der Waals surface area (Å²) in [5.41, 5.74) is -1.15. The van der Waals surface area contributed by atoms with Crippen molar-refractivity contribution in [1.29, 1.82) is 0 Å². The van der Waals surface area contributed by atoms with E-state index in [1.54, 1.807) is 6.07 Å². The van der Waals surface area contributed by atoms with Crippen LogP contribution in [0.1, 0.15) is 23.3 Å². The highest BCUT2D eigenvalue weighted by molar-refractivity contribution is 6.03. The van der Waals surface area contributed by atoms with E-state index >= 15 is 0 Å². The SMILES string of the molecule is CNCCCCOc1ccncc1NC(=O)c1ccc(F)c(-c2c(F)cccc2F)n1.Cl. The van der Waals surface area contributed by atoms with Crippen molar-refractivity contribution >= 4 is 24.0 Å². The number of hydrogen-bond acceptors (Lipinski definition) is 5. The molecule has 1 amide bonds. The predicted molar refractivity (Wildman–Crippen MR) is 118 cm³/mol. The van der Waals surface area contributed by atoms with Gasteiger partial charge in [-0.25, -0.2) is 18.2 Å². The number of benzene rings is 1. The van der Waals surface area contributed by atoms with E-state index in [1.165, 1.54) is 12.4 Å². The van der Waals surface area contributed by atoms with Gasteiger partial charge < -0.3 is 15.4 Å². The minimum Gasteiger partial charge on any atom is -0.491 e. The first-order valence-electron chi connectivity index (χ1n) is 9.65. The lowest BCUT2D eigenvalue weighted by molar-refractivity contribution is 0.102. The third-order valence-corrected chi connectivity index (χ3v) is 4.39. The van der Waals surface area contributed by atoms with Crippen molar-refractivity contribution in [3.05, 3.63) is 71.9 Å². The van der Waals surface area contributed by atoms with E-state index in [2.05, 4.69) is 20.6 Å². The Morgan fingerprint density at radius 1 is 1.03 bits per heavy atom. The Balaban J connectivity index is 0.00000363. The van der Waals surface area contributed by atoms with Crippen LogP contribution in [0.4, 0.5) is 18.9 Å². The number of rotatable bonds is 9. The topological polar surface area (TPSA) is 76.1 Å². The number of aromatic nitrogens is 2. The van der Waals surface area contributed by atoms with Gasteiger partial charge in [0.2, 0.25) is 0 Å². The van der Waals surface area contributed by atoms with Crippen LogP contribution in [-0.2, 0) is 0 Å². The van der Waals surface area contributed by atoms with Gasteiger partial charge in [-0.3, -0.25) is 9.78 Å². The van der Waals surface area contributed by atoms with E-state index in [1.807, 2.05) is 7.05 Å². The normalized spacial score (nSPS) is 10.4. The predicted octanol–water partition coefficient (Wildman–Crippen LogP) is 4.61. The van der Waals surface area contributed by atoms with Crippen LogP contribution in [0.2, 0.25) is 0 Å². The molecule has 0 saturated heterocycles. The molecule has 0 aliphatic carbocycles. The summed E-state index contributed by atoms with van der Waals surface area (Å²) >= 11 is 0. The number of amides is 1. The van der Waals surface area contributed by atoms with E-state index in [-0.39, 0.29) is 18.1 Å². The molecule has 0 spiro atoms. The smallest absolute Gasteiger partial charge is 0.274 e.